The number of benzene rings is 2. The van der Waals surface area contributed by atoms with Crippen LogP contribution in [0.1, 0.15) is 42.6 Å². The minimum absolute atomic E-state index is 0.0382. The molecule has 0 saturated carbocycles. The van der Waals surface area contributed by atoms with E-state index in [1.165, 1.54) is 5.56 Å². The molecular weight excluding hydrogens is 442 g/mol. The zero-order valence-electron chi connectivity index (χ0n) is 22.0. The summed E-state index contributed by atoms with van der Waals surface area (Å²) in [7, 11) is 5.22. The first kappa shape index (κ1) is 28.6. The van der Waals surface area contributed by atoms with Gasteiger partial charge in [0.05, 0.1) is 13.7 Å². The van der Waals surface area contributed by atoms with E-state index in [0.717, 1.165) is 39.0 Å². The summed E-state index contributed by atoms with van der Waals surface area (Å²) in [6.45, 7) is 9.03. The monoisotopic (exact) mass is 485 g/mol. The molecule has 2 aromatic carbocycles. The van der Waals surface area contributed by atoms with Crippen molar-refractivity contribution in [2.24, 2.45) is 5.92 Å². The van der Waals surface area contributed by atoms with Crippen LogP contribution in [0.3, 0.4) is 0 Å². The van der Waals surface area contributed by atoms with Crippen molar-refractivity contribution >= 4 is 5.91 Å². The van der Waals surface area contributed by atoms with Gasteiger partial charge in [-0.25, -0.2) is 0 Å². The van der Waals surface area contributed by atoms with Crippen LogP contribution in [-0.2, 0) is 11.3 Å². The fraction of sp³-hybridized carbons (Fsp3) is 0.536. The minimum Gasteiger partial charge on any atom is -0.493 e. The van der Waals surface area contributed by atoms with Crippen molar-refractivity contribution in [3.05, 3.63) is 59.7 Å². The van der Waals surface area contributed by atoms with E-state index < -0.39 is 0 Å². The van der Waals surface area contributed by atoms with Gasteiger partial charge >= 0.3 is 0 Å². The van der Waals surface area contributed by atoms with Gasteiger partial charge in [-0.1, -0.05) is 30.3 Å². The molecule has 7 nitrogen and oxygen atoms in total. The van der Waals surface area contributed by atoms with Crippen LogP contribution in [0.4, 0.5) is 0 Å². The normalized spacial score (nSPS) is 14.9. The second-order valence-electron chi connectivity index (χ2n) is 8.99. The number of rotatable bonds is 12. The number of nitrogens with zero attached hydrogens (tertiary/aromatic N) is 1. The number of amides is 1. The van der Waals surface area contributed by atoms with Crippen LogP contribution in [0.15, 0.2) is 48.5 Å². The summed E-state index contributed by atoms with van der Waals surface area (Å²) >= 11 is 0. The van der Waals surface area contributed by atoms with Gasteiger partial charge < -0.3 is 29.7 Å². The van der Waals surface area contributed by atoms with Crippen molar-refractivity contribution in [3.8, 4) is 11.5 Å². The summed E-state index contributed by atoms with van der Waals surface area (Å²) in [5, 5.41) is 6.45. The molecule has 2 aromatic rings. The lowest BCUT2D eigenvalue weighted by Crippen LogP contribution is -2.40. The first-order valence-electron chi connectivity index (χ1n) is 12.5. The molecule has 1 atom stereocenters. The maximum Gasteiger partial charge on any atom is 0.254 e. The molecule has 1 aliphatic heterocycles. The predicted octanol–water partition coefficient (Wildman–Crippen LogP) is 3.98. The Morgan fingerprint density at radius 3 is 2.49 bits per heavy atom. The molecule has 0 radical (unpaired) electrons. The molecule has 1 saturated heterocycles. The van der Waals surface area contributed by atoms with Crippen LogP contribution in [0, 0.1) is 5.92 Å². The topological polar surface area (TPSA) is 72.1 Å². The Balaban J connectivity index is 0.000000402. The molecule has 0 bridgehead atoms. The van der Waals surface area contributed by atoms with Gasteiger partial charge in [0.25, 0.3) is 5.91 Å². The number of methoxy groups -OCH3 is 2. The van der Waals surface area contributed by atoms with Crippen molar-refractivity contribution in [1.29, 1.82) is 0 Å². The van der Waals surface area contributed by atoms with E-state index in [9.17, 15) is 4.79 Å². The number of hydrogen-bond donors (Lipinski definition) is 2. The summed E-state index contributed by atoms with van der Waals surface area (Å²) in [6, 6.07) is 15.9. The van der Waals surface area contributed by atoms with E-state index in [0.29, 0.717) is 36.2 Å². The first-order valence-corrected chi connectivity index (χ1v) is 12.5. The summed E-state index contributed by atoms with van der Waals surface area (Å²) in [6.07, 6.45) is 1.90. The molecule has 2 N–H and O–H groups in total. The van der Waals surface area contributed by atoms with Gasteiger partial charge in [0.2, 0.25) is 0 Å². The van der Waals surface area contributed by atoms with E-state index in [4.69, 9.17) is 14.2 Å². The highest BCUT2D eigenvalue weighted by molar-refractivity contribution is 5.95. The van der Waals surface area contributed by atoms with Crippen molar-refractivity contribution in [1.82, 2.24) is 15.5 Å². The van der Waals surface area contributed by atoms with Gasteiger partial charge in [-0.3, -0.25) is 4.79 Å². The summed E-state index contributed by atoms with van der Waals surface area (Å²) in [5.74, 6) is 1.79. The number of carbonyl (C=O) groups is 1. The Bertz CT molecular complexity index is 855. The lowest BCUT2D eigenvalue weighted by Gasteiger charge is -2.29. The maximum absolute atomic E-state index is 13.1. The Labute approximate surface area is 211 Å². The van der Waals surface area contributed by atoms with Crippen molar-refractivity contribution < 1.29 is 19.0 Å². The fourth-order valence-corrected chi connectivity index (χ4v) is 3.95. The fourth-order valence-electron chi connectivity index (χ4n) is 3.95. The SMILES string of the molecule is CNCc1ccccc1.COCCCOc1cc(C(=O)N(CC2CCNC2)C(C)C)ccc1OC. The standard InChI is InChI=1S/C20H32N2O4.C8H11N/c1-15(2)22(14-16-8-9-21-13-16)20(23)17-6-7-18(25-4)19(12-17)26-11-5-10-24-3;1-9-7-8-5-3-2-4-6-8/h6-7,12,15-16,21H,5,8-11,13-14H2,1-4H3;2-6,9H,7H2,1H3. The van der Waals surface area contributed by atoms with E-state index >= 15 is 0 Å². The molecule has 35 heavy (non-hydrogen) atoms. The Morgan fingerprint density at radius 1 is 1.11 bits per heavy atom. The van der Waals surface area contributed by atoms with Crippen LogP contribution < -0.4 is 20.1 Å². The predicted molar refractivity (Wildman–Crippen MR) is 141 cm³/mol. The molecule has 7 heteroatoms. The second-order valence-corrected chi connectivity index (χ2v) is 8.99. The van der Waals surface area contributed by atoms with E-state index in [-0.39, 0.29) is 11.9 Å². The van der Waals surface area contributed by atoms with Crippen LogP contribution in [0.5, 0.6) is 11.5 Å². The van der Waals surface area contributed by atoms with Gasteiger partial charge in [0, 0.05) is 44.8 Å². The Morgan fingerprint density at radius 2 is 1.89 bits per heavy atom. The van der Waals surface area contributed by atoms with Crippen LogP contribution >= 0.6 is 0 Å². The molecule has 0 aliphatic carbocycles. The van der Waals surface area contributed by atoms with Gasteiger partial charge in [-0.2, -0.15) is 0 Å². The maximum atomic E-state index is 13.1. The Hall–Kier alpha value is -2.61. The van der Waals surface area contributed by atoms with E-state index in [2.05, 4.69) is 36.6 Å². The van der Waals surface area contributed by atoms with Crippen molar-refractivity contribution in [3.63, 3.8) is 0 Å². The zero-order chi connectivity index (χ0) is 25.5. The summed E-state index contributed by atoms with van der Waals surface area (Å²) in [5.41, 5.74) is 1.96. The minimum atomic E-state index is 0.0382. The highest BCUT2D eigenvalue weighted by Crippen LogP contribution is 2.29. The Kier molecular flexibility index (Phi) is 13.2. The van der Waals surface area contributed by atoms with Gasteiger partial charge in [-0.05, 0) is 70.1 Å². The third-order valence-electron chi connectivity index (χ3n) is 5.89. The van der Waals surface area contributed by atoms with Crippen molar-refractivity contribution in [2.45, 2.75) is 39.3 Å². The molecule has 0 aromatic heterocycles. The molecule has 1 amide bonds. The van der Waals surface area contributed by atoms with Crippen LogP contribution in [-0.4, -0.2) is 71.0 Å². The van der Waals surface area contributed by atoms with Crippen molar-refractivity contribution in [2.75, 3.05) is 54.1 Å². The highest BCUT2D eigenvalue weighted by Gasteiger charge is 2.25. The lowest BCUT2D eigenvalue weighted by atomic mass is 10.1. The third-order valence-corrected chi connectivity index (χ3v) is 5.89. The molecule has 1 heterocycles. The smallest absolute Gasteiger partial charge is 0.254 e. The van der Waals surface area contributed by atoms with Gasteiger partial charge in [0.1, 0.15) is 0 Å². The first-order chi connectivity index (χ1) is 17.0. The largest absolute Gasteiger partial charge is 0.493 e. The van der Waals surface area contributed by atoms with Crippen LogP contribution in [0.25, 0.3) is 0 Å². The van der Waals surface area contributed by atoms with E-state index in [1.807, 2.05) is 36.2 Å². The average Bonchev–Trinajstić information content (AvgIpc) is 3.39. The molecule has 1 unspecified atom stereocenters. The van der Waals surface area contributed by atoms with Gasteiger partial charge in [0.15, 0.2) is 11.5 Å². The second kappa shape index (κ2) is 16.1. The van der Waals surface area contributed by atoms with Crippen LogP contribution in [0.2, 0.25) is 0 Å². The summed E-state index contributed by atoms with van der Waals surface area (Å²) in [4.78, 5) is 15.0. The molecule has 194 valence electrons. The molecule has 0 spiro atoms. The highest BCUT2D eigenvalue weighted by atomic mass is 16.5. The lowest BCUT2D eigenvalue weighted by molar-refractivity contribution is 0.0676. The molecule has 1 aliphatic rings. The van der Waals surface area contributed by atoms with E-state index in [1.54, 1.807) is 26.4 Å². The number of nitrogens with one attached hydrogen (secondary N) is 2. The number of hydrogen-bond acceptors (Lipinski definition) is 6. The molecule has 1 fully saturated rings. The quantitative estimate of drug-likeness (QED) is 0.443. The third kappa shape index (κ3) is 9.88. The number of ether oxygens (including phenoxy) is 3. The molecule has 3 rings (SSSR count). The molecular formula is C28H43N3O4. The summed E-state index contributed by atoms with van der Waals surface area (Å²) < 4.78 is 16.2. The van der Waals surface area contributed by atoms with Gasteiger partial charge in [-0.15, -0.1) is 0 Å². The average molecular weight is 486 g/mol. The zero-order valence-corrected chi connectivity index (χ0v) is 22.0. The number of carbonyl (C=O) groups excluding carboxylic acids is 1.